The Morgan fingerprint density at radius 3 is 2.37 bits per heavy atom. The van der Waals surface area contributed by atoms with Crippen LogP contribution >= 0.6 is 0 Å². The van der Waals surface area contributed by atoms with E-state index < -0.39 is 11.9 Å². The summed E-state index contributed by atoms with van der Waals surface area (Å²) in [6.07, 6.45) is 0. The number of anilines is 1. The van der Waals surface area contributed by atoms with Crippen LogP contribution in [-0.2, 0) is 6.54 Å². The second-order valence-electron chi connectivity index (χ2n) is 3.87. The smallest absolute Gasteiger partial charge is 0.371 e. The van der Waals surface area contributed by atoms with Crippen LogP contribution < -0.4 is 11.1 Å². The molecule has 0 fully saturated rings. The summed E-state index contributed by atoms with van der Waals surface area (Å²) < 4.78 is 5.09. The Morgan fingerprint density at radius 2 is 1.84 bits per heavy atom. The van der Waals surface area contributed by atoms with Crippen LogP contribution in [0.25, 0.3) is 0 Å². The predicted octanol–water partition coefficient (Wildman–Crippen LogP) is 1.69. The maximum atomic E-state index is 10.9. The summed E-state index contributed by atoms with van der Waals surface area (Å²) in [5, 5.41) is 11.7. The van der Waals surface area contributed by atoms with Crippen molar-refractivity contribution in [3.05, 3.63) is 53.5 Å². The first-order chi connectivity index (χ1) is 9.06. The largest absolute Gasteiger partial charge is 0.475 e. The van der Waals surface area contributed by atoms with E-state index in [0.29, 0.717) is 17.9 Å². The minimum absolute atomic E-state index is 0.0964. The number of nitrogens with two attached hydrogens (primary N) is 1. The van der Waals surface area contributed by atoms with Crippen molar-refractivity contribution in [1.29, 1.82) is 0 Å². The molecule has 6 heteroatoms. The van der Waals surface area contributed by atoms with Gasteiger partial charge in [0.25, 0.3) is 0 Å². The van der Waals surface area contributed by atoms with Crippen LogP contribution in [0, 0.1) is 0 Å². The molecule has 1 aromatic heterocycles. The van der Waals surface area contributed by atoms with E-state index in [1.54, 1.807) is 30.3 Å². The van der Waals surface area contributed by atoms with Gasteiger partial charge in [-0.25, -0.2) is 4.79 Å². The average Bonchev–Trinajstić information content (AvgIpc) is 2.86. The minimum Gasteiger partial charge on any atom is -0.475 e. The lowest BCUT2D eigenvalue weighted by molar-refractivity contribution is 0.0660. The first kappa shape index (κ1) is 12.7. The maximum Gasteiger partial charge on any atom is 0.371 e. The molecule has 98 valence electrons. The molecular weight excluding hydrogens is 248 g/mol. The number of aromatic carboxylic acids is 1. The molecule has 0 spiro atoms. The summed E-state index contributed by atoms with van der Waals surface area (Å²) >= 11 is 0. The number of hydrogen-bond donors (Lipinski definition) is 3. The van der Waals surface area contributed by atoms with Gasteiger partial charge in [-0.05, 0) is 36.4 Å². The van der Waals surface area contributed by atoms with Gasteiger partial charge in [0.15, 0.2) is 0 Å². The summed E-state index contributed by atoms with van der Waals surface area (Å²) in [5.41, 5.74) is 6.33. The number of furan rings is 1. The molecule has 0 saturated carbocycles. The van der Waals surface area contributed by atoms with Gasteiger partial charge in [-0.3, -0.25) is 4.79 Å². The molecule has 0 bridgehead atoms. The number of benzene rings is 1. The topological polar surface area (TPSA) is 106 Å². The fraction of sp³-hybridized carbons (Fsp3) is 0.0769. The van der Waals surface area contributed by atoms with Crippen molar-refractivity contribution < 1.29 is 19.1 Å². The Kier molecular flexibility index (Phi) is 3.51. The van der Waals surface area contributed by atoms with Crippen LogP contribution in [0.1, 0.15) is 26.7 Å². The van der Waals surface area contributed by atoms with E-state index in [0.717, 1.165) is 5.69 Å². The van der Waals surface area contributed by atoms with Gasteiger partial charge in [0.1, 0.15) is 5.76 Å². The SMILES string of the molecule is NC(=O)c1ccc(NCc2ccc(C(=O)O)o2)cc1. The molecule has 0 aliphatic carbocycles. The third-order valence-corrected chi connectivity index (χ3v) is 2.51. The van der Waals surface area contributed by atoms with E-state index >= 15 is 0 Å². The van der Waals surface area contributed by atoms with E-state index in [1.165, 1.54) is 6.07 Å². The fourth-order valence-electron chi connectivity index (χ4n) is 1.53. The van der Waals surface area contributed by atoms with Crippen LogP contribution in [-0.4, -0.2) is 17.0 Å². The Morgan fingerprint density at radius 1 is 1.16 bits per heavy atom. The standard InChI is InChI=1S/C13H12N2O4/c14-12(16)8-1-3-9(4-2-8)15-7-10-5-6-11(19-10)13(17)18/h1-6,15H,7H2,(H2,14,16)(H,17,18). The lowest BCUT2D eigenvalue weighted by Crippen LogP contribution is -2.10. The number of carbonyl (C=O) groups is 2. The second-order valence-corrected chi connectivity index (χ2v) is 3.87. The lowest BCUT2D eigenvalue weighted by Gasteiger charge is -2.04. The molecule has 2 aromatic rings. The summed E-state index contributed by atoms with van der Waals surface area (Å²) in [4.78, 5) is 21.5. The molecule has 4 N–H and O–H groups in total. The van der Waals surface area contributed by atoms with Gasteiger partial charge in [-0.1, -0.05) is 0 Å². The Labute approximate surface area is 108 Å². The van der Waals surface area contributed by atoms with Crippen LogP contribution in [0.5, 0.6) is 0 Å². The fourth-order valence-corrected chi connectivity index (χ4v) is 1.53. The number of amides is 1. The molecule has 0 aliphatic heterocycles. The van der Waals surface area contributed by atoms with E-state index in [4.69, 9.17) is 15.3 Å². The van der Waals surface area contributed by atoms with E-state index in [1.807, 2.05) is 0 Å². The molecule has 0 radical (unpaired) electrons. The molecular formula is C13H12N2O4. The van der Waals surface area contributed by atoms with Crippen molar-refractivity contribution in [3.8, 4) is 0 Å². The monoisotopic (exact) mass is 260 g/mol. The average molecular weight is 260 g/mol. The first-order valence-electron chi connectivity index (χ1n) is 5.52. The molecule has 0 unspecified atom stereocenters. The summed E-state index contributed by atoms with van der Waals surface area (Å²) in [7, 11) is 0. The third-order valence-electron chi connectivity index (χ3n) is 2.51. The molecule has 0 atom stereocenters. The minimum atomic E-state index is -1.10. The molecule has 1 aromatic carbocycles. The van der Waals surface area contributed by atoms with Crippen LogP contribution in [0.2, 0.25) is 0 Å². The number of hydrogen-bond acceptors (Lipinski definition) is 4. The highest BCUT2D eigenvalue weighted by molar-refractivity contribution is 5.93. The van der Waals surface area contributed by atoms with E-state index in [-0.39, 0.29) is 5.76 Å². The number of carboxylic acids is 1. The number of carboxylic acid groups (broad SMARTS) is 1. The number of carbonyl (C=O) groups excluding carboxylic acids is 1. The lowest BCUT2D eigenvalue weighted by atomic mass is 10.2. The van der Waals surface area contributed by atoms with Gasteiger partial charge < -0.3 is 20.6 Å². The number of primary amides is 1. The molecule has 0 saturated heterocycles. The highest BCUT2D eigenvalue weighted by Gasteiger charge is 2.08. The normalized spacial score (nSPS) is 10.1. The van der Waals surface area contributed by atoms with Gasteiger partial charge in [-0.15, -0.1) is 0 Å². The van der Waals surface area contributed by atoms with Crippen LogP contribution in [0.15, 0.2) is 40.8 Å². The van der Waals surface area contributed by atoms with E-state index in [2.05, 4.69) is 5.32 Å². The zero-order valence-corrected chi connectivity index (χ0v) is 9.92. The number of rotatable bonds is 5. The van der Waals surface area contributed by atoms with E-state index in [9.17, 15) is 9.59 Å². The van der Waals surface area contributed by atoms with Crippen molar-refractivity contribution in [2.45, 2.75) is 6.54 Å². The van der Waals surface area contributed by atoms with Crippen LogP contribution in [0.3, 0.4) is 0 Å². The van der Waals surface area contributed by atoms with Gasteiger partial charge in [-0.2, -0.15) is 0 Å². The highest BCUT2D eigenvalue weighted by Crippen LogP contribution is 2.13. The molecule has 1 heterocycles. The zero-order chi connectivity index (χ0) is 13.8. The van der Waals surface area contributed by atoms with Gasteiger partial charge in [0.2, 0.25) is 11.7 Å². The van der Waals surface area contributed by atoms with Gasteiger partial charge >= 0.3 is 5.97 Å². The van der Waals surface area contributed by atoms with Crippen LogP contribution in [0.4, 0.5) is 5.69 Å². The van der Waals surface area contributed by atoms with Gasteiger partial charge in [0.05, 0.1) is 6.54 Å². The van der Waals surface area contributed by atoms with Crippen molar-refractivity contribution >= 4 is 17.6 Å². The first-order valence-corrected chi connectivity index (χ1v) is 5.52. The Balaban J connectivity index is 1.97. The van der Waals surface area contributed by atoms with Gasteiger partial charge in [0, 0.05) is 11.3 Å². The third kappa shape index (κ3) is 3.12. The molecule has 1 amide bonds. The van der Waals surface area contributed by atoms with Crippen molar-refractivity contribution in [1.82, 2.24) is 0 Å². The molecule has 0 aliphatic rings. The van der Waals surface area contributed by atoms with Crippen molar-refractivity contribution in [3.63, 3.8) is 0 Å². The molecule has 6 nitrogen and oxygen atoms in total. The predicted molar refractivity (Wildman–Crippen MR) is 68.0 cm³/mol. The quantitative estimate of drug-likeness (QED) is 0.758. The Hall–Kier alpha value is -2.76. The number of nitrogens with one attached hydrogen (secondary N) is 1. The van der Waals surface area contributed by atoms with Crippen molar-refractivity contribution in [2.24, 2.45) is 5.73 Å². The Bertz CT molecular complexity index is 601. The van der Waals surface area contributed by atoms with Crippen molar-refractivity contribution in [2.75, 3.05) is 5.32 Å². The summed E-state index contributed by atoms with van der Waals surface area (Å²) in [5.74, 6) is -1.17. The zero-order valence-electron chi connectivity index (χ0n) is 9.92. The summed E-state index contributed by atoms with van der Waals surface area (Å²) in [6, 6.07) is 9.62. The molecule has 2 rings (SSSR count). The maximum absolute atomic E-state index is 10.9. The summed E-state index contributed by atoms with van der Waals surface area (Å²) in [6.45, 7) is 0.350. The second kappa shape index (κ2) is 5.26. The molecule has 19 heavy (non-hydrogen) atoms. The highest BCUT2D eigenvalue weighted by atomic mass is 16.4.